The number of guanidine groups is 1. The van der Waals surface area contributed by atoms with Crippen LogP contribution in [0.5, 0.6) is 5.75 Å². The van der Waals surface area contributed by atoms with Crippen LogP contribution in [0, 0.1) is 0 Å². The van der Waals surface area contributed by atoms with Crippen LogP contribution in [-0.4, -0.2) is 45.3 Å². The Bertz CT molecular complexity index is 485. The standard InChI is InChI=1S/C17H27F2N3O2/c1-3-20-17(21-9-6-10-23-4-2)22-12-14-7-5-8-15(11-14)24-13-16(18)19/h5,7-8,11,16H,3-4,6,9-10,12-13H2,1-2H3,(H2,20,21,22). The predicted octanol–water partition coefficient (Wildman–Crippen LogP) is 2.81. The molecule has 0 aliphatic heterocycles. The van der Waals surface area contributed by atoms with Crippen molar-refractivity contribution in [3.05, 3.63) is 29.8 Å². The quantitative estimate of drug-likeness (QED) is 0.369. The van der Waals surface area contributed by atoms with Crippen LogP contribution in [-0.2, 0) is 11.3 Å². The highest BCUT2D eigenvalue weighted by atomic mass is 19.3. The van der Waals surface area contributed by atoms with Crippen molar-refractivity contribution in [3.8, 4) is 5.75 Å². The van der Waals surface area contributed by atoms with Gasteiger partial charge in [-0.3, -0.25) is 0 Å². The largest absolute Gasteiger partial charge is 0.488 e. The highest BCUT2D eigenvalue weighted by Crippen LogP contribution is 2.14. The van der Waals surface area contributed by atoms with Gasteiger partial charge in [-0.1, -0.05) is 12.1 Å². The van der Waals surface area contributed by atoms with Crippen molar-refractivity contribution >= 4 is 5.96 Å². The summed E-state index contributed by atoms with van der Waals surface area (Å²) in [6.07, 6.45) is -1.58. The molecular weight excluding hydrogens is 316 g/mol. The average Bonchev–Trinajstić information content (AvgIpc) is 2.58. The number of hydrogen-bond acceptors (Lipinski definition) is 3. The minimum absolute atomic E-state index is 0.428. The van der Waals surface area contributed by atoms with E-state index in [0.717, 1.165) is 31.7 Å². The molecule has 1 rings (SSSR count). The Hall–Kier alpha value is -1.89. The summed E-state index contributed by atoms with van der Waals surface area (Å²) in [4.78, 5) is 4.49. The van der Waals surface area contributed by atoms with Gasteiger partial charge in [-0.15, -0.1) is 0 Å². The zero-order valence-electron chi connectivity index (χ0n) is 14.4. The summed E-state index contributed by atoms with van der Waals surface area (Å²) >= 11 is 0. The van der Waals surface area contributed by atoms with Crippen LogP contribution < -0.4 is 15.4 Å². The van der Waals surface area contributed by atoms with E-state index in [0.29, 0.717) is 24.9 Å². The number of nitrogens with zero attached hydrogens (tertiary/aromatic N) is 1. The molecule has 136 valence electrons. The number of nitrogens with one attached hydrogen (secondary N) is 2. The summed E-state index contributed by atoms with van der Waals surface area (Å²) in [5, 5.41) is 6.40. The first-order valence-corrected chi connectivity index (χ1v) is 8.25. The zero-order chi connectivity index (χ0) is 17.6. The molecule has 0 fully saturated rings. The maximum absolute atomic E-state index is 12.2. The van der Waals surface area contributed by atoms with Gasteiger partial charge >= 0.3 is 0 Å². The minimum Gasteiger partial charge on any atom is -0.488 e. The third kappa shape index (κ3) is 9.29. The van der Waals surface area contributed by atoms with Crippen LogP contribution in [0.25, 0.3) is 0 Å². The first kappa shape index (κ1) is 20.2. The molecule has 0 radical (unpaired) electrons. The third-order valence-electron chi connectivity index (χ3n) is 3.00. The Balaban J connectivity index is 2.50. The fraction of sp³-hybridized carbons (Fsp3) is 0.588. The molecule has 7 heteroatoms. The Morgan fingerprint density at radius 2 is 2.08 bits per heavy atom. The molecule has 0 heterocycles. The lowest BCUT2D eigenvalue weighted by Crippen LogP contribution is -2.38. The van der Waals surface area contributed by atoms with E-state index in [-0.39, 0.29) is 0 Å². The molecule has 1 aromatic rings. The van der Waals surface area contributed by atoms with E-state index >= 15 is 0 Å². The van der Waals surface area contributed by atoms with Crippen molar-refractivity contribution in [1.82, 2.24) is 10.6 Å². The van der Waals surface area contributed by atoms with Gasteiger partial charge in [0.25, 0.3) is 6.43 Å². The van der Waals surface area contributed by atoms with E-state index in [1.807, 2.05) is 19.9 Å². The fourth-order valence-electron chi connectivity index (χ4n) is 1.93. The molecule has 0 spiro atoms. The van der Waals surface area contributed by atoms with Crippen molar-refractivity contribution < 1.29 is 18.3 Å². The van der Waals surface area contributed by atoms with Gasteiger partial charge in [0.1, 0.15) is 12.4 Å². The number of alkyl halides is 2. The van der Waals surface area contributed by atoms with Crippen molar-refractivity contribution in [3.63, 3.8) is 0 Å². The van der Waals surface area contributed by atoms with Gasteiger partial charge in [0.05, 0.1) is 6.54 Å². The van der Waals surface area contributed by atoms with Crippen molar-refractivity contribution in [1.29, 1.82) is 0 Å². The van der Waals surface area contributed by atoms with Crippen LogP contribution in [0.4, 0.5) is 8.78 Å². The summed E-state index contributed by atoms with van der Waals surface area (Å²) in [5.41, 5.74) is 0.897. The molecule has 1 aromatic carbocycles. The van der Waals surface area contributed by atoms with E-state index in [1.54, 1.807) is 18.2 Å². The van der Waals surface area contributed by atoms with Gasteiger partial charge in [0.15, 0.2) is 5.96 Å². The third-order valence-corrected chi connectivity index (χ3v) is 3.00. The van der Waals surface area contributed by atoms with E-state index < -0.39 is 13.0 Å². The van der Waals surface area contributed by atoms with E-state index in [4.69, 9.17) is 9.47 Å². The first-order valence-electron chi connectivity index (χ1n) is 8.25. The summed E-state index contributed by atoms with van der Waals surface area (Å²) < 4.78 is 34.7. The Morgan fingerprint density at radius 3 is 2.79 bits per heavy atom. The van der Waals surface area contributed by atoms with Gasteiger partial charge in [-0.25, -0.2) is 13.8 Å². The molecule has 0 bridgehead atoms. The van der Waals surface area contributed by atoms with Crippen molar-refractivity contribution in [2.24, 2.45) is 4.99 Å². The molecule has 0 unspecified atom stereocenters. The number of benzene rings is 1. The molecule has 0 saturated carbocycles. The highest BCUT2D eigenvalue weighted by molar-refractivity contribution is 5.79. The van der Waals surface area contributed by atoms with Gasteiger partial charge in [-0.05, 0) is 38.0 Å². The van der Waals surface area contributed by atoms with E-state index in [1.165, 1.54) is 0 Å². The number of halogens is 2. The molecule has 5 nitrogen and oxygen atoms in total. The molecule has 0 saturated heterocycles. The SMILES string of the molecule is CCNC(=NCc1cccc(OCC(F)F)c1)NCCCOCC. The Morgan fingerprint density at radius 1 is 1.25 bits per heavy atom. The normalized spacial score (nSPS) is 11.6. The molecular formula is C17H27F2N3O2. The topological polar surface area (TPSA) is 54.9 Å². The second kappa shape index (κ2) is 12.5. The van der Waals surface area contributed by atoms with Crippen LogP contribution >= 0.6 is 0 Å². The molecule has 0 aliphatic rings. The molecule has 0 aliphatic carbocycles. The molecule has 0 atom stereocenters. The number of rotatable bonds is 11. The fourth-order valence-corrected chi connectivity index (χ4v) is 1.93. The van der Waals surface area contributed by atoms with Crippen LogP contribution in [0.1, 0.15) is 25.8 Å². The molecule has 24 heavy (non-hydrogen) atoms. The number of hydrogen-bond donors (Lipinski definition) is 2. The van der Waals surface area contributed by atoms with Gasteiger partial charge in [0, 0.05) is 26.3 Å². The minimum atomic E-state index is -2.48. The lowest BCUT2D eigenvalue weighted by molar-refractivity contribution is 0.0818. The van der Waals surface area contributed by atoms with Gasteiger partial charge < -0.3 is 20.1 Å². The van der Waals surface area contributed by atoms with E-state index in [9.17, 15) is 8.78 Å². The molecule has 0 amide bonds. The summed E-state index contributed by atoms with van der Waals surface area (Å²) in [6, 6.07) is 7.04. The van der Waals surface area contributed by atoms with Gasteiger partial charge in [0.2, 0.25) is 0 Å². The lowest BCUT2D eigenvalue weighted by atomic mass is 10.2. The van der Waals surface area contributed by atoms with Gasteiger partial charge in [-0.2, -0.15) is 0 Å². The lowest BCUT2D eigenvalue weighted by Gasteiger charge is -2.11. The Labute approximate surface area is 142 Å². The molecule has 0 aromatic heterocycles. The van der Waals surface area contributed by atoms with Crippen molar-refractivity contribution in [2.45, 2.75) is 33.2 Å². The highest BCUT2D eigenvalue weighted by Gasteiger charge is 2.04. The van der Waals surface area contributed by atoms with Crippen LogP contribution in [0.3, 0.4) is 0 Å². The van der Waals surface area contributed by atoms with E-state index in [2.05, 4.69) is 15.6 Å². The monoisotopic (exact) mass is 343 g/mol. The van der Waals surface area contributed by atoms with Crippen LogP contribution in [0.2, 0.25) is 0 Å². The van der Waals surface area contributed by atoms with Crippen molar-refractivity contribution in [2.75, 3.05) is 32.9 Å². The number of ether oxygens (including phenoxy) is 2. The number of aliphatic imine (C=N–C) groups is 1. The summed E-state index contributed by atoms with van der Waals surface area (Å²) in [7, 11) is 0. The maximum Gasteiger partial charge on any atom is 0.272 e. The van der Waals surface area contributed by atoms with Crippen LogP contribution in [0.15, 0.2) is 29.3 Å². The summed E-state index contributed by atoms with van der Waals surface area (Å²) in [6.45, 7) is 6.76. The molecule has 2 N–H and O–H groups in total. The smallest absolute Gasteiger partial charge is 0.272 e. The average molecular weight is 343 g/mol. The second-order valence-electron chi connectivity index (χ2n) is 5.02. The predicted molar refractivity (Wildman–Crippen MR) is 91.9 cm³/mol. The maximum atomic E-state index is 12.2. The second-order valence-corrected chi connectivity index (χ2v) is 5.02. The Kier molecular flexibility index (Phi) is 10.5. The zero-order valence-corrected chi connectivity index (χ0v) is 14.4. The first-order chi connectivity index (χ1) is 11.7. The summed E-state index contributed by atoms with van der Waals surface area (Å²) in [5.74, 6) is 1.14.